The second-order valence-electron chi connectivity index (χ2n) is 3.40. The molecular formula is C9H13Br2NO. The van der Waals surface area contributed by atoms with Crippen molar-refractivity contribution in [2.45, 2.75) is 22.5 Å². The van der Waals surface area contributed by atoms with E-state index in [2.05, 4.69) is 31.9 Å². The number of nitrogens with zero attached hydrogens (tertiary/aromatic N) is 1. The SMILES string of the molecule is CN(C)C(=O)C1=CCC(Br)C(Br)C1. The molecule has 0 aliphatic heterocycles. The molecule has 4 heteroatoms. The van der Waals surface area contributed by atoms with Gasteiger partial charge in [-0.1, -0.05) is 37.9 Å². The molecule has 0 N–H and O–H groups in total. The average Bonchev–Trinajstić information content (AvgIpc) is 2.08. The fourth-order valence-corrected chi connectivity index (χ4v) is 2.22. The first-order valence-electron chi connectivity index (χ1n) is 4.21. The Balaban J connectivity index is 2.68. The van der Waals surface area contributed by atoms with Gasteiger partial charge in [-0.15, -0.1) is 0 Å². The third-order valence-electron chi connectivity index (χ3n) is 2.08. The lowest BCUT2D eigenvalue weighted by atomic mass is 9.98. The molecule has 0 aromatic rings. The van der Waals surface area contributed by atoms with Crippen LogP contribution in [0.15, 0.2) is 11.6 Å². The maximum atomic E-state index is 11.6. The van der Waals surface area contributed by atoms with Gasteiger partial charge in [0.1, 0.15) is 0 Å². The van der Waals surface area contributed by atoms with E-state index in [9.17, 15) is 4.79 Å². The van der Waals surface area contributed by atoms with Gasteiger partial charge in [0, 0.05) is 29.3 Å². The summed E-state index contributed by atoms with van der Waals surface area (Å²) in [7, 11) is 3.57. The molecule has 1 aliphatic carbocycles. The summed E-state index contributed by atoms with van der Waals surface area (Å²) in [6, 6.07) is 0. The Bertz CT molecular complexity index is 238. The van der Waals surface area contributed by atoms with Crippen LogP contribution in [0.1, 0.15) is 12.8 Å². The number of likely N-dealkylation sites (N-methyl/N-ethyl adjacent to an activating group) is 1. The van der Waals surface area contributed by atoms with Crippen LogP contribution in [0.4, 0.5) is 0 Å². The fraction of sp³-hybridized carbons (Fsp3) is 0.667. The smallest absolute Gasteiger partial charge is 0.248 e. The predicted octanol–water partition coefficient (Wildman–Crippen LogP) is 2.32. The van der Waals surface area contributed by atoms with Gasteiger partial charge in [0.2, 0.25) is 5.91 Å². The molecule has 0 spiro atoms. The van der Waals surface area contributed by atoms with Gasteiger partial charge in [-0.05, 0) is 12.8 Å². The van der Waals surface area contributed by atoms with Crippen molar-refractivity contribution in [1.82, 2.24) is 4.90 Å². The Labute approximate surface area is 95.6 Å². The van der Waals surface area contributed by atoms with Gasteiger partial charge in [0.15, 0.2) is 0 Å². The van der Waals surface area contributed by atoms with E-state index in [4.69, 9.17) is 0 Å². The molecule has 2 atom stereocenters. The van der Waals surface area contributed by atoms with E-state index < -0.39 is 0 Å². The molecule has 0 radical (unpaired) electrons. The molecule has 1 amide bonds. The first-order chi connectivity index (χ1) is 6.02. The van der Waals surface area contributed by atoms with Gasteiger partial charge in [-0.25, -0.2) is 0 Å². The number of hydrogen-bond acceptors (Lipinski definition) is 1. The molecule has 0 fully saturated rings. The monoisotopic (exact) mass is 309 g/mol. The number of carbonyl (C=O) groups is 1. The molecule has 1 rings (SSSR count). The van der Waals surface area contributed by atoms with Crippen LogP contribution in [-0.4, -0.2) is 34.6 Å². The summed E-state index contributed by atoms with van der Waals surface area (Å²) in [4.78, 5) is 14.0. The fourth-order valence-electron chi connectivity index (χ4n) is 1.29. The Morgan fingerprint density at radius 1 is 1.46 bits per heavy atom. The van der Waals surface area contributed by atoms with Crippen LogP contribution in [0.2, 0.25) is 0 Å². The van der Waals surface area contributed by atoms with Crippen LogP contribution < -0.4 is 0 Å². The first kappa shape index (κ1) is 11.2. The van der Waals surface area contributed by atoms with E-state index in [0.717, 1.165) is 18.4 Å². The summed E-state index contributed by atoms with van der Waals surface area (Å²) in [5.74, 6) is 0.129. The molecule has 0 bridgehead atoms. The maximum Gasteiger partial charge on any atom is 0.248 e. The van der Waals surface area contributed by atoms with Crippen LogP contribution in [-0.2, 0) is 4.79 Å². The van der Waals surface area contributed by atoms with Gasteiger partial charge in [-0.3, -0.25) is 4.79 Å². The minimum absolute atomic E-state index is 0.129. The van der Waals surface area contributed by atoms with Crippen molar-refractivity contribution in [1.29, 1.82) is 0 Å². The quantitative estimate of drug-likeness (QED) is 0.681. The molecule has 74 valence electrons. The number of carbonyl (C=O) groups excluding carboxylic acids is 1. The van der Waals surface area contributed by atoms with E-state index in [1.165, 1.54) is 0 Å². The summed E-state index contributed by atoms with van der Waals surface area (Å²) in [5.41, 5.74) is 0.919. The third kappa shape index (κ3) is 2.81. The van der Waals surface area contributed by atoms with E-state index in [-0.39, 0.29) is 5.91 Å². The van der Waals surface area contributed by atoms with Crippen LogP contribution in [0.5, 0.6) is 0 Å². The molecule has 2 nitrogen and oxygen atoms in total. The van der Waals surface area contributed by atoms with Crippen LogP contribution in [0.25, 0.3) is 0 Å². The molecule has 1 aliphatic rings. The highest BCUT2D eigenvalue weighted by Crippen LogP contribution is 2.30. The Morgan fingerprint density at radius 3 is 2.54 bits per heavy atom. The highest BCUT2D eigenvalue weighted by molar-refractivity contribution is 9.12. The normalized spacial score (nSPS) is 28.2. The zero-order valence-corrected chi connectivity index (χ0v) is 10.9. The molecule has 0 heterocycles. The summed E-state index contributed by atoms with van der Waals surface area (Å²) in [6.07, 6.45) is 3.76. The lowest BCUT2D eigenvalue weighted by Gasteiger charge is -2.23. The highest BCUT2D eigenvalue weighted by atomic mass is 79.9. The van der Waals surface area contributed by atoms with Gasteiger partial charge in [0.05, 0.1) is 0 Å². The van der Waals surface area contributed by atoms with Gasteiger partial charge in [0.25, 0.3) is 0 Å². The highest BCUT2D eigenvalue weighted by Gasteiger charge is 2.25. The standard InChI is InChI=1S/C9H13Br2NO/c1-12(2)9(13)6-3-4-7(10)8(11)5-6/h3,7-8H,4-5H2,1-2H3. The number of halogens is 2. The topological polar surface area (TPSA) is 20.3 Å². The second-order valence-corrected chi connectivity index (χ2v) is 5.75. The Kier molecular flexibility index (Phi) is 3.98. The minimum Gasteiger partial charge on any atom is -0.345 e. The van der Waals surface area contributed by atoms with Gasteiger partial charge < -0.3 is 4.90 Å². The van der Waals surface area contributed by atoms with Crippen molar-refractivity contribution in [3.63, 3.8) is 0 Å². The number of allylic oxidation sites excluding steroid dienone is 1. The van der Waals surface area contributed by atoms with Crippen LogP contribution >= 0.6 is 31.9 Å². The zero-order valence-electron chi connectivity index (χ0n) is 7.76. The maximum absolute atomic E-state index is 11.6. The van der Waals surface area contributed by atoms with E-state index >= 15 is 0 Å². The van der Waals surface area contributed by atoms with Crippen molar-refractivity contribution in [2.24, 2.45) is 0 Å². The number of hydrogen-bond donors (Lipinski definition) is 0. The number of rotatable bonds is 1. The summed E-state index contributed by atoms with van der Waals surface area (Å²) < 4.78 is 0. The van der Waals surface area contributed by atoms with Crippen molar-refractivity contribution in [2.75, 3.05) is 14.1 Å². The van der Waals surface area contributed by atoms with Crippen molar-refractivity contribution >= 4 is 37.8 Å². The predicted molar refractivity (Wildman–Crippen MR) is 61.4 cm³/mol. The van der Waals surface area contributed by atoms with Crippen molar-refractivity contribution < 1.29 is 4.79 Å². The summed E-state index contributed by atoms with van der Waals surface area (Å²) in [6.45, 7) is 0. The first-order valence-corrected chi connectivity index (χ1v) is 6.04. The molecule has 0 saturated carbocycles. The van der Waals surface area contributed by atoms with Gasteiger partial charge in [-0.2, -0.15) is 0 Å². The van der Waals surface area contributed by atoms with Crippen molar-refractivity contribution in [3.8, 4) is 0 Å². The molecule has 13 heavy (non-hydrogen) atoms. The van der Waals surface area contributed by atoms with Crippen LogP contribution in [0, 0.1) is 0 Å². The Hall–Kier alpha value is 0.170. The molecule has 0 aromatic carbocycles. The van der Waals surface area contributed by atoms with Gasteiger partial charge >= 0.3 is 0 Å². The minimum atomic E-state index is 0.129. The largest absolute Gasteiger partial charge is 0.345 e. The third-order valence-corrected chi connectivity index (χ3v) is 4.76. The molecule has 0 saturated heterocycles. The van der Waals surface area contributed by atoms with Crippen LogP contribution in [0.3, 0.4) is 0 Å². The summed E-state index contributed by atoms with van der Waals surface area (Å²) >= 11 is 7.10. The lowest BCUT2D eigenvalue weighted by Crippen LogP contribution is -2.29. The van der Waals surface area contributed by atoms with E-state index in [0.29, 0.717) is 9.65 Å². The average molecular weight is 311 g/mol. The lowest BCUT2D eigenvalue weighted by molar-refractivity contribution is -0.124. The molecular weight excluding hydrogens is 298 g/mol. The Morgan fingerprint density at radius 2 is 2.08 bits per heavy atom. The number of alkyl halides is 2. The van der Waals surface area contributed by atoms with Crippen molar-refractivity contribution in [3.05, 3.63) is 11.6 Å². The molecule has 0 aromatic heterocycles. The molecule has 2 unspecified atom stereocenters. The van der Waals surface area contributed by atoms with E-state index in [1.54, 1.807) is 19.0 Å². The summed E-state index contributed by atoms with van der Waals surface area (Å²) in [5, 5.41) is 0. The zero-order chi connectivity index (χ0) is 10.0. The van der Waals surface area contributed by atoms with E-state index in [1.807, 2.05) is 6.08 Å². The number of amides is 1. The second kappa shape index (κ2) is 4.60.